The number of nitrogens with one attached hydrogen (secondary N) is 2. The van der Waals surface area contributed by atoms with Crippen LogP contribution in [0.2, 0.25) is 0 Å². The van der Waals surface area contributed by atoms with Crippen molar-refractivity contribution in [2.75, 3.05) is 6.54 Å². The molecule has 0 aliphatic carbocycles. The van der Waals surface area contributed by atoms with Gasteiger partial charge in [-0.1, -0.05) is 26.0 Å². The van der Waals surface area contributed by atoms with Crippen LogP contribution in [0.15, 0.2) is 29.1 Å². The van der Waals surface area contributed by atoms with Gasteiger partial charge >= 0.3 is 0 Å². The predicted molar refractivity (Wildman–Crippen MR) is 73.6 cm³/mol. The third-order valence-corrected chi connectivity index (χ3v) is 2.87. The van der Waals surface area contributed by atoms with Crippen LogP contribution in [0.3, 0.4) is 0 Å². The highest BCUT2D eigenvalue weighted by molar-refractivity contribution is 5.77. The van der Waals surface area contributed by atoms with Crippen LogP contribution >= 0.6 is 0 Å². The van der Waals surface area contributed by atoms with Gasteiger partial charge in [0.25, 0.3) is 5.56 Å². The van der Waals surface area contributed by atoms with Crippen molar-refractivity contribution in [3.05, 3.63) is 40.4 Å². The van der Waals surface area contributed by atoms with E-state index < -0.39 is 0 Å². The van der Waals surface area contributed by atoms with Crippen LogP contribution in [-0.2, 0) is 0 Å². The number of fused-ring (bicyclic) bond motifs is 1. The van der Waals surface area contributed by atoms with Crippen molar-refractivity contribution in [2.24, 2.45) is 5.92 Å². The number of benzene rings is 1. The molecular weight excluding hydrogens is 226 g/mol. The fourth-order valence-electron chi connectivity index (χ4n) is 1.82. The molecule has 0 fully saturated rings. The Morgan fingerprint density at radius 1 is 1.28 bits per heavy atom. The molecule has 4 nitrogen and oxygen atoms in total. The summed E-state index contributed by atoms with van der Waals surface area (Å²) in [6, 6.07) is 7.44. The summed E-state index contributed by atoms with van der Waals surface area (Å²) < 4.78 is 0. The SMILES string of the molecule is CC(C)CNC(C)c1nc2ccccc2c(=O)[nH]1. The Hall–Kier alpha value is -1.68. The molecular formula is C14H19N3O. The largest absolute Gasteiger partial charge is 0.309 e. The average molecular weight is 245 g/mol. The summed E-state index contributed by atoms with van der Waals surface area (Å²) in [4.78, 5) is 19.3. The fourth-order valence-corrected chi connectivity index (χ4v) is 1.82. The van der Waals surface area contributed by atoms with E-state index in [1.807, 2.05) is 25.1 Å². The molecule has 0 bridgehead atoms. The second-order valence-corrected chi connectivity index (χ2v) is 4.99. The molecule has 0 saturated carbocycles. The number of hydrogen-bond acceptors (Lipinski definition) is 3. The molecule has 18 heavy (non-hydrogen) atoms. The topological polar surface area (TPSA) is 57.8 Å². The number of nitrogens with zero attached hydrogens (tertiary/aromatic N) is 1. The smallest absolute Gasteiger partial charge is 0.258 e. The lowest BCUT2D eigenvalue weighted by Gasteiger charge is -2.15. The van der Waals surface area contributed by atoms with E-state index in [1.165, 1.54) is 0 Å². The van der Waals surface area contributed by atoms with Crippen molar-refractivity contribution in [2.45, 2.75) is 26.8 Å². The minimum absolute atomic E-state index is 0.0460. The summed E-state index contributed by atoms with van der Waals surface area (Å²) >= 11 is 0. The lowest BCUT2D eigenvalue weighted by molar-refractivity contribution is 0.482. The normalized spacial score (nSPS) is 13.1. The zero-order valence-corrected chi connectivity index (χ0v) is 11.0. The lowest BCUT2D eigenvalue weighted by atomic mass is 10.2. The molecule has 2 rings (SSSR count). The number of aromatic nitrogens is 2. The van der Waals surface area contributed by atoms with Crippen LogP contribution < -0.4 is 10.9 Å². The van der Waals surface area contributed by atoms with Crippen LogP contribution in [0, 0.1) is 5.92 Å². The molecule has 0 amide bonds. The minimum atomic E-state index is -0.0752. The summed E-state index contributed by atoms with van der Waals surface area (Å²) in [6.45, 7) is 7.21. The van der Waals surface area contributed by atoms with Gasteiger partial charge in [-0.05, 0) is 31.5 Å². The summed E-state index contributed by atoms with van der Waals surface area (Å²) in [7, 11) is 0. The maximum atomic E-state index is 11.9. The van der Waals surface area contributed by atoms with E-state index in [1.54, 1.807) is 6.07 Å². The van der Waals surface area contributed by atoms with E-state index in [0.29, 0.717) is 17.1 Å². The van der Waals surface area contributed by atoms with Crippen LogP contribution in [0.1, 0.15) is 32.6 Å². The predicted octanol–water partition coefficient (Wildman–Crippen LogP) is 2.23. The van der Waals surface area contributed by atoms with Gasteiger partial charge in [-0.15, -0.1) is 0 Å². The summed E-state index contributed by atoms with van der Waals surface area (Å²) in [5, 5.41) is 3.99. The van der Waals surface area contributed by atoms with Gasteiger partial charge in [0.05, 0.1) is 16.9 Å². The van der Waals surface area contributed by atoms with Crippen molar-refractivity contribution in [1.82, 2.24) is 15.3 Å². The maximum Gasteiger partial charge on any atom is 0.258 e. The third-order valence-electron chi connectivity index (χ3n) is 2.87. The molecule has 0 saturated heterocycles. The molecule has 2 N–H and O–H groups in total. The Labute approximate surface area is 106 Å². The molecule has 0 aliphatic rings. The second-order valence-electron chi connectivity index (χ2n) is 4.99. The lowest BCUT2D eigenvalue weighted by Crippen LogP contribution is -2.26. The Bertz CT molecular complexity index is 589. The maximum absolute atomic E-state index is 11.9. The van der Waals surface area contributed by atoms with E-state index in [-0.39, 0.29) is 11.6 Å². The molecule has 2 aromatic rings. The van der Waals surface area contributed by atoms with Crippen LogP contribution in [0.5, 0.6) is 0 Å². The molecule has 96 valence electrons. The first-order chi connectivity index (χ1) is 8.58. The quantitative estimate of drug-likeness (QED) is 0.868. The van der Waals surface area contributed by atoms with Gasteiger partial charge in [-0.2, -0.15) is 0 Å². The van der Waals surface area contributed by atoms with E-state index in [4.69, 9.17) is 0 Å². The number of H-pyrrole nitrogens is 1. The number of para-hydroxylation sites is 1. The fraction of sp³-hybridized carbons (Fsp3) is 0.429. The number of aromatic amines is 1. The summed E-state index contributed by atoms with van der Waals surface area (Å²) in [5.74, 6) is 1.26. The highest BCUT2D eigenvalue weighted by Gasteiger charge is 2.10. The van der Waals surface area contributed by atoms with Crippen molar-refractivity contribution >= 4 is 10.9 Å². The highest BCUT2D eigenvalue weighted by Crippen LogP contribution is 2.10. The zero-order valence-electron chi connectivity index (χ0n) is 11.0. The van der Waals surface area contributed by atoms with E-state index in [2.05, 4.69) is 29.1 Å². The third kappa shape index (κ3) is 2.76. The molecule has 0 radical (unpaired) electrons. The molecule has 0 spiro atoms. The van der Waals surface area contributed by atoms with Crippen molar-refractivity contribution < 1.29 is 0 Å². The molecule has 1 aromatic carbocycles. The molecule has 1 aromatic heterocycles. The molecule has 4 heteroatoms. The van der Waals surface area contributed by atoms with Crippen LogP contribution in [-0.4, -0.2) is 16.5 Å². The van der Waals surface area contributed by atoms with Gasteiger partial charge in [0.15, 0.2) is 0 Å². The Morgan fingerprint density at radius 2 is 2.00 bits per heavy atom. The van der Waals surface area contributed by atoms with Gasteiger partial charge in [0.2, 0.25) is 0 Å². The Kier molecular flexibility index (Phi) is 3.77. The van der Waals surface area contributed by atoms with Crippen molar-refractivity contribution in [3.63, 3.8) is 0 Å². The van der Waals surface area contributed by atoms with Crippen molar-refractivity contribution in [1.29, 1.82) is 0 Å². The number of hydrogen-bond donors (Lipinski definition) is 2. The van der Waals surface area contributed by atoms with Crippen molar-refractivity contribution in [3.8, 4) is 0 Å². The number of rotatable bonds is 4. The first-order valence-corrected chi connectivity index (χ1v) is 6.30. The van der Waals surface area contributed by atoms with Crippen LogP contribution in [0.25, 0.3) is 10.9 Å². The minimum Gasteiger partial charge on any atom is -0.309 e. The first kappa shape index (κ1) is 12.8. The van der Waals surface area contributed by atoms with Gasteiger partial charge in [0.1, 0.15) is 5.82 Å². The van der Waals surface area contributed by atoms with Gasteiger partial charge < -0.3 is 10.3 Å². The Balaban J connectivity index is 2.31. The van der Waals surface area contributed by atoms with E-state index in [0.717, 1.165) is 12.1 Å². The Morgan fingerprint density at radius 3 is 2.72 bits per heavy atom. The second kappa shape index (κ2) is 5.31. The van der Waals surface area contributed by atoms with Gasteiger partial charge in [-0.3, -0.25) is 4.79 Å². The average Bonchev–Trinajstić information content (AvgIpc) is 2.36. The molecule has 1 unspecified atom stereocenters. The monoisotopic (exact) mass is 245 g/mol. The van der Waals surface area contributed by atoms with E-state index >= 15 is 0 Å². The molecule has 0 aliphatic heterocycles. The molecule has 1 heterocycles. The van der Waals surface area contributed by atoms with E-state index in [9.17, 15) is 4.79 Å². The first-order valence-electron chi connectivity index (χ1n) is 6.30. The molecule has 1 atom stereocenters. The zero-order chi connectivity index (χ0) is 13.1. The van der Waals surface area contributed by atoms with Gasteiger partial charge in [-0.25, -0.2) is 4.98 Å². The standard InChI is InChI=1S/C14H19N3O/c1-9(2)8-15-10(3)13-16-12-7-5-4-6-11(12)14(18)17-13/h4-7,9-10,15H,8H2,1-3H3,(H,16,17,18). The van der Waals surface area contributed by atoms with Gasteiger partial charge in [0, 0.05) is 0 Å². The summed E-state index contributed by atoms with van der Waals surface area (Å²) in [6.07, 6.45) is 0. The summed E-state index contributed by atoms with van der Waals surface area (Å²) in [5.41, 5.74) is 0.670. The highest BCUT2D eigenvalue weighted by atomic mass is 16.1. The van der Waals surface area contributed by atoms with Crippen LogP contribution in [0.4, 0.5) is 0 Å².